The van der Waals surface area contributed by atoms with Gasteiger partial charge in [-0.3, -0.25) is 4.79 Å². The van der Waals surface area contributed by atoms with Crippen LogP contribution in [-0.4, -0.2) is 27.2 Å². The molecular weight excluding hydrogens is 375 g/mol. The first kappa shape index (κ1) is 19.1. The summed E-state index contributed by atoms with van der Waals surface area (Å²) < 4.78 is 50.8. The molecule has 2 aromatic rings. The third-order valence-corrected chi connectivity index (χ3v) is 5.61. The zero-order valence-electron chi connectivity index (χ0n) is 14.8. The summed E-state index contributed by atoms with van der Waals surface area (Å²) in [6, 6.07) is 7.72. The van der Waals surface area contributed by atoms with E-state index in [9.17, 15) is 17.6 Å². The van der Waals surface area contributed by atoms with Gasteiger partial charge < -0.3 is 14.8 Å². The largest absolute Gasteiger partial charge is 0.454 e. The van der Waals surface area contributed by atoms with Gasteiger partial charge in [-0.15, -0.1) is 0 Å². The van der Waals surface area contributed by atoms with E-state index in [0.717, 1.165) is 17.7 Å². The number of sulfonamides is 1. The van der Waals surface area contributed by atoms with Crippen LogP contribution in [0, 0.1) is 12.7 Å². The van der Waals surface area contributed by atoms with Gasteiger partial charge >= 0.3 is 0 Å². The SMILES string of the molecule is Cc1cc(S(=O)(=O)N[C@@H](C)C(=O)NCc2ccc3c(c2)OCO3)ccc1F. The minimum absolute atomic E-state index is 0.100. The summed E-state index contributed by atoms with van der Waals surface area (Å²) in [5.41, 5.74) is 0.995. The second kappa shape index (κ2) is 7.53. The molecule has 1 amide bonds. The van der Waals surface area contributed by atoms with Crippen molar-refractivity contribution in [1.82, 2.24) is 10.0 Å². The van der Waals surface area contributed by atoms with Crippen molar-refractivity contribution in [3.63, 3.8) is 0 Å². The van der Waals surface area contributed by atoms with Crippen LogP contribution in [0.1, 0.15) is 18.1 Å². The van der Waals surface area contributed by atoms with Crippen LogP contribution in [0.4, 0.5) is 4.39 Å². The molecule has 1 aliphatic heterocycles. The van der Waals surface area contributed by atoms with Gasteiger partial charge in [0.1, 0.15) is 5.82 Å². The fourth-order valence-corrected chi connectivity index (χ4v) is 3.82. The molecule has 9 heteroatoms. The molecule has 1 heterocycles. The van der Waals surface area contributed by atoms with Crippen LogP contribution in [0.2, 0.25) is 0 Å². The smallest absolute Gasteiger partial charge is 0.241 e. The Kier molecular flexibility index (Phi) is 5.33. The molecule has 2 N–H and O–H groups in total. The van der Waals surface area contributed by atoms with Crippen LogP contribution in [0.15, 0.2) is 41.3 Å². The van der Waals surface area contributed by atoms with E-state index in [1.165, 1.54) is 19.9 Å². The van der Waals surface area contributed by atoms with Gasteiger partial charge in [0.25, 0.3) is 0 Å². The first-order valence-corrected chi connectivity index (χ1v) is 9.69. The van der Waals surface area contributed by atoms with Gasteiger partial charge in [-0.05, 0) is 55.3 Å². The number of ether oxygens (including phenoxy) is 2. The Morgan fingerprint density at radius 2 is 1.93 bits per heavy atom. The van der Waals surface area contributed by atoms with Crippen molar-refractivity contribution in [1.29, 1.82) is 0 Å². The lowest BCUT2D eigenvalue weighted by molar-refractivity contribution is -0.122. The summed E-state index contributed by atoms with van der Waals surface area (Å²) in [4.78, 5) is 12.1. The monoisotopic (exact) mass is 394 g/mol. The Hall–Kier alpha value is -2.65. The van der Waals surface area contributed by atoms with Gasteiger partial charge in [0, 0.05) is 6.54 Å². The van der Waals surface area contributed by atoms with Gasteiger partial charge in [0.15, 0.2) is 11.5 Å². The van der Waals surface area contributed by atoms with Gasteiger partial charge in [-0.1, -0.05) is 6.07 Å². The lowest BCUT2D eigenvalue weighted by atomic mass is 10.2. The number of halogens is 1. The van der Waals surface area contributed by atoms with Gasteiger partial charge in [0.05, 0.1) is 10.9 Å². The van der Waals surface area contributed by atoms with E-state index in [2.05, 4.69) is 10.0 Å². The summed E-state index contributed by atoms with van der Waals surface area (Å²) in [5, 5.41) is 2.66. The fraction of sp³-hybridized carbons (Fsp3) is 0.278. The number of carbonyl (C=O) groups is 1. The lowest BCUT2D eigenvalue weighted by Gasteiger charge is -2.15. The van der Waals surface area contributed by atoms with E-state index in [4.69, 9.17) is 9.47 Å². The third-order valence-electron chi connectivity index (χ3n) is 4.07. The van der Waals surface area contributed by atoms with Gasteiger partial charge in [0.2, 0.25) is 22.7 Å². The second-order valence-corrected chi connectivity index (χ2v) is 7.87. The Labute approximate surface area is 156 Å². The molecule has 0 saturated heterocycles. The minimum Gasteiger partial charge on any atom is -0.454 e. The third kappa shape index (κ3) is 4.37. The van der Waals surface area contributed by atoms with E-state index in [-0.39, 0.29) is 23.8 Å². The molecule has 0 aliphatic carbocycles. The Morgan fingerprint density at radius 1 is 1.19 bits per heavy atom. The number of benzene rings is 2. The molecular formula is C18H19FN2O5S. The summed E-state index contributed by atoms with van der Waals surface area (Å²) in [6.45, 7) is 3.27. The predicted molar refractivity (Wildman–Crippen MR) is 95.3 cm³/mol. The van der Waals surface area contributed by atoms with Crippen molar-refractivity contribution in [2.75, 3.05) is 6.79 Å². The minimum atomic E-state index is -3.95. The Morgan fingerprint density at radius 3 is 2.67 bits per heavy atom. The zero-order chi connectivity index (χ0) is 19.6. The summed E-state index contributed by atoms with van der Waals surface area (Å²) in [7, 11) is -3.95. The van der Waals surface area contributed by atoms with Crippen LogP contribution in [-0.2, 0) is 21.4 Å². The molecule has 0 bridgehead atoms. The number of amides is 1. The van der Waals surface area contributed by atoms with E-state index in [0.29, 0.717) is 11.5 Å². The maximum atomic E-state index is 13.3. The summed E-state index contributed by atoms with van der Waals surface area (Å²) >= 11 is 0. The van der Waals surface area contributed by atoms with Crippen LogP contribution in [0.25, 0.3) is 0 Å². The van der Waals surface area contributed by atoms with Crippen molar-refractivity contribution >= 4 is 15.9 Å². The first-order chi connectivity index (χ1) is 12.8. The summed E-state index contributed by atoms with van der Waals surface area (Å²) in [6.07, 6.45) is 0. The van der Waals surface area contributed by atoms with Gasteiger partial charge in [-0.2, -0.15) is 4.72 Å². The molecule has 0 spiro atoms. The lowest BCUT2D eigenvalue weighted by Crippen LogP contribution is -2.44. The van der Waals surface area contributed by atoms with Crippen LogP contribution in [0.5, 0.6) is 11.5 Å². The standard InChI is InChI=1S/C18H19FN2O5S/c1-11-7-14(4-5-15(11)19)27(23,24)21-12(2)18(22)20-9-13-3-6-16-17(8-13)26-10-25-16/h3-8,12,21H,9-10H2,1-2H3,(H,20,22)/t12-/m0/s1. The van der Waals surface area contributed by atoms with Gasteiger partial charge in [-0.25, -0.2) is 12.8 Å². The van der Waals surface area contributed by atoms with Crippen molar-refractivity contribution < 1.29 is 27.1 Å². The zero-order valence-corrected chi connectivity index (χ0v) is 15.6. The maximum Gasteiger partial charge on any atom is 0.241 e. The number of hydrogen-bond donors (Lipinski definition) is 2. The second-order valence-electron chi connectivity index (χ2n) is 6.16. The van der Waals surface area contributed by atoms with Crippen molar-refractivity contribution in [2.24, 2.45) is 0 Å². The molecule has 2 aromatic carbocycles. The van der Waals surface area contributed by atoms with Crippen LogP contribution >= 0.6 is 0 Å². The number of nitrogens with one attached hydrogen (secondary N) is 2. The van der Waals surface area contributed by atoms with Crippen molar-refractivity contribution in [3.05, 3.63) is 53.3 Å². The Bertz CT molecular complexity index is 978. The van der Waals surface area contributed by atoms with Crippen LogP contribution in [0.3, 0.4) is 0 Å². The predicted octanol–water partition coefficient (Wildman–Crippen LogP) is 1.85. The first-order valence-electron chi connectivity index (χ1n) is 8.21. The number of fused-ring (bicyclic) bond motifs is 1. The molecule has 3 rings (SSSR count). The topological polar surface area (TPSA) is 93.7 Å². The highest BCUT2D eigenvalue weighted by Crippen LogP contribution is 2.32. The molecule has 7 nitrogen and oxygen atoms in total. The highest BCUT2D eigenvalue weighted by atomic mass is 32.2. The molecule has 0 radical (unpaired) electrons. The van der Waals surface area contributed by atoms with E-state index in [1.807, 2.05) is 0 Å². The van der Waals surface area contributed by atoms with Crippen LogP contribution < -0.4 is 19.5 Å². The van der Waals surface area contributed by atoms with Crippen molar-refractivity contribution in [2.45, 2.75) is 31.3 Å². The molecule has 0 unspecified atom stereocenters. The molecule has 1 atom stereocenters. The number of aryl methyl sites for hydroxylation is 1. The van der Waals surface area contributed by atoms with E-state index >= 15 is 0 Å². The number of rotatable bonds is 6. The Balaban J connectivity index is 1.60. The molecule has 0 aromatic heterocycles. The molecule has 144 valence electrons. The highest BCUT2D eigenvalue weighted by molar-refractivity contribution is 7.89. The maximum absolute atomic E-state index is 13.3. The fourth-order valence-electron chi connectivity index (χ4n) is 2.53. The summed E-state index contributed by atoms with van der Waals surface area (Å²) in [5.74, 6) is 0.251. The number of hydrogen-bond acceptors (Lipinski definition) is 5. The normalized spacial score (nSPS) is 14.0. The highest BCUT2D eigenvalue weighted by Gasteiger charge is 2.22. The average molecular weight is 394 g/mol. The van der Waals surface area contributed by atoms with Crippen molar-refractivity contribution in [3.8, 4) is 11.5 Å². The quantitative estimate of drug-likeness (QED) is 0.780. The molecule has 0 saturated carbocycles. The van der Waals surface area contributed by atoms with E-state index in [1.54, 1.807) is 18.2 Å². The molecule has 27 heavy (non-hydrogen) atoms. The average Bonchev–Trinajstić information content (AvgIpc) is 3.09. The van der Waals surface area contributed by atoms with E-state index < -0.39 is 27.8 Å². The number of carbonyl (C=O) groups excluding carboxylic acids is 1. The molecule has 1 aliphatic rings. The molecule has 0 fully saturated rings.